The van der Waals surface area contributed by atoms with Crippen molar-refractivity contribution in [1.29, 1.82) is 0 Å². The smallest absolute Gasteiger partial charge is 0.327 e. The van der Waals surface area contributed by atoms with Crippen LogP contribution in [0, 0.1) is 5.41 Å². The summed E-state index contributed by atoms with van der Waals surface area (Å²) >= 11 is 0. The first-order chi connectivity index (χ1) is 7.04. The van der Waals surface area contributed by atoms with Gasteiger partial charge in [-0.25, -0.2) is 4.79 Å². The van der Waals surface area contributed by atoms with E-state index in [2.05, 4.69) is 31.2 Å². The lowest BCUT2D eigenvalue weighted by Crippen LogP contribution is -2.24. The van der Waals surface area contributed by atoms with E-state index < -0.39 is 5.97 Å². The average molecular weight is 209 g/mol. The van der Waals surface area contributed by atoms with Crippen LogP contribution in [0.15, 0.2) is 36.5 Å². The highest BCUT2D eigenvalue weighted by atomic mass is 16.4. The predicted octanol–water partition coefficient (Wildman–Crippen LogP) is 2.11. The molecule has 3 N–H and O–H groups in total. The van der Waals surface area contributed by atoms with Crippen molar-refractivity contribution in [2.75, 3.05) is 6.54 Å². The Morgan fingerprint density at radius 1 is 1.60 bits per heavy atom. The molecule has 0 bridgehead atoms. The average Bonchev–Trinajstić information content (AvgIpc) is 2.20. The van der Waals surface area contributed by atoms with Crippen molar-refractivity contribution >= 4 is 5.97 Å². The number of carboxylic acid groups (broad SMARTS) is 1. The zero-order chi connectivity index (χ0) is 11.7. The summed E-state index contributed by atoms with van der Waals surface area (Å²) in [6, 6.07) is 0. The Morgan fingerprint density at radius 3 is 2.47 bits per heavy atom. The topological polar surface area (TPSA) is 63.3 Å². The van der Waals surface area contributed by atoms with Gasteiger partial charge in [-0.05, 0) is 13.3 Å². The highest BCUT2D eigenvalue weighted by Crippen LogP contribution is 2.24. The third-order valence-corrected chi connectivity index (χ3v) is 2.11. The van der Waals surface area contributed by atoms with Crippen LogP contribution in [0.5, 0.6) is 0 Å². The number of allylic oxidation sites excluding steroid dienone is 4. The van der Waals surface area contributed by atoms with Crippen LogP contribution in [-0.2, 0) is 4.79 Å². The molecule has 1 aliphatic carbocycles. The van der Waals surface area contributed by atoms with Crippen LogP contribution in [0.2, 0.25) is 0 Å². The molecule has 0 heterocycles. The molecule has 1 rings (SSSR count). The van der Waals surface area contributed by atoms with Crippen molar-refractivity contribution in [2.45, 2.75) is 20.3 Å². The van der Waals surface area contributed by atoms with Gasteiger partial charge in [0.05, 0.1) is 0 Å². The number of aliphatic carboxylic acids is 1. The van der Waals surface area contributed by atoms with Crippen molar-refractivity contribution in [3.8, 4) is 0 Å². The zero-order valence-electron chi connectivity index (χ0n) is 9.31. The molecule has 0 aromatic heterocycles. The lowest BCUT2D eigenvalue weighted by atomic mass is 9.84. The maximum atomic E-state index is 9.51. The Balaban J connectivity index is 0.000000288. The molecule has 1 atom stereocenters. The molecule has 3 nitrogen and oxygen atoms in total. The normalized spacial score (nSPS) is 23.7. The summed E-state index contributed by atoms with van der Waals surface area (Å²) in [6.45, 7) is 4.58. The molecular weight excluding hydrogens is 190 g/mol. The van der Waals surface area contributed by atoms with Crippen LogP contribution >= 0.6 is 0 Å². The molecule has 3 heteroatoms. The molecule has 15 heavy (non-hydrogen) atoms. The molecule has 0 amide bonds. The van der Waals surface area contributed by atoms with Gasteiger partial charge in [-0.3, -0.25) is 0 Å². The van der Waals surface area contributed by atoms with Crippen LogP contribution in [0.1, 0.15) is 20.3 Å². The largest absolute Gasteiger partial charge is 0.478 e. The van der Waals surface area contributed by atoms with Gasteiger partial charge in [-0.1, -0.05) is 37.3 Å². The second-order valence-corrected chi connectivity index (χ2v) is 3.69. The molecular formula is C12H19NO2. The maximum absolute atomic E-state index is 9.51. The Labute approximate surface area is 91.0 Å². The first-order valence-electron chi connectivity index (χ1n) is 4.94. The molecule has 0 aromatic carbocycles. The van der Waals surface area contributed by atoms with E-state index in [1.54, 1.807) is 6.92 Å². The van der Waals surface area contributed by atoms with Crippen molar-refractivity contribution in [3.05, 3.63) is 36.5 Å². The summed E-state index contributed by atoms with van der Waals surface area (Å²) < 4.78 is 0. The van der Waals surface area contributed by atoms with Crippen molar-refractivity contribution in [2.24, 2.45) is 11.1 Å². The standard InChI is InChI=1S/C8H13N.C4H6O2/c1-8(7-9)5-3-2-4-6-8;1-2-3-4(5)6/h2-5H,6-7,9H2,1H3;2-3H,1H3,(H,5,6). The van der Waals surface area contributed by atoms with Gasteiger partial charge in [0.2, 0.25) is 0 Å². The molecule has 0 radical (unpaired) electrons. The quantitative estimate of drug-likeness (QED) is 0.685. The zero-order valence-corrected chi connectivity index (χ0v) is 9.31. The van der Waals surface area contributed by atoms with Gasteiger partial charge in [0.1, 0.15) is 0 Å². The fourth-order valence-corrected chi connectivity index (χ4v) is 1.07. The number of nitrogens with two attached hydrogens (primary N) is 1. The van der Waals surface area contributed by atoms with Crippen molar-refractivity contribution in [1.82, 2.24) is 0 Å². The summed E-state index contributed by atoms with van der Waals surface area (Å²) in [4.78, 5) is 9.51. The number of carboxylic acids is 1. The summed E-state index contributed by atoms with van der Waals surface area (Å²) in [5, 5.41) is 7.83. The molecule has 0 aliphatic heterocycles. The van der Waals surface area contributed by atoms with Gasteiger partial charge in [0.15, 0.2) is 0 Å². The van der Waals surface area contributed by atoms with Crippen molar-refractivity contribution < 1.29 is 9.90 Å². The molecule has 0 spiro atoms. The minimum absolute atomic E-state index is 0.231. The van der Waals surface area contributed by atoms with E-state index >= 15 is 0 Å². The van der Waals surface area contributed by atoms with Crippen LogP contribution in [0.4, 0.5) is 0 Å². The minimum Gasteiger partial charge on any atom is -0.478 e. The third-order valence-electron chi connectivity index (χ3n) is 2.11. The SMILES string of the molecule is CC1(CN)C=CC=CC1.CC=CC(=O)O. The van der Waals surface area contributed by atoms with Crippen LogP contribution in [-0.4, -0.2) is 17.6 Å². The molecule has 0 fully saturated rings. The monoisotopic (exact) mass is 209 g/mol. The first kappa shape index (κ1) is 13.7. The van der Waals surface area contributed by atoms with Gasteiger partial charge in [-0.15, -0.1) is 0 Å². The molecule has 1 aliphatic rings. The van der Waals surface area contributed by atoms with Crippen LogP contribution in [0.25, 0.3) is 0 Å². The fourth-order valence-electron chi connectivity index (χ4n) is 1.07. The molecule has 84 valence electrons. The molecule has 0 aromatic rings. The van der Waals surface area contributed by atoms with E-state index in [0.29, 0.717) is 0 Å². The Kier molecular flexibility index (Phi) is 6.38. The van der Waals surface area contributed by atoms with E-state index in [1.807, 2.05) is 0 Å². The minimum atomic E-state index is -0.891. The van der Waals surface area contributed by atoms with Crippen LogP contribution in [0.3, 0.4) is 0 Å². The Hall–Kier alpha value is -1.35. The third kappa shape index (κ3) is 6.69. The summed E-state index contributed by atoms with van der Waals surface area (Å²) in [5.74, 6) is -0.891. The highest BCUT2D eigenvalue weighted by Gasteiger charge is 2.17. The van der Waals surface area contributed by atoms with Gasteiger partial charge in [0.25, 0.3) is 0 Å². The lowest BCUT2D eigenvalue weighted by Gasteiger charge is -2.23. The second kappa shape index (κ2) is 7.01. The van der Waals surface area contributed by atoms with Crippen LogP contribution < -0.4 is 5.73 Å². The molecule has 0 saturated carbocycles. The van der Waals surface area contributed by atoms with Gasteiger partial charge >= 0.3 is 5.97 Å². The molecule has 1 unspecified atom stereocenters. The predicted molar refractivity (Wildman–Crippen MR) is 62.5 cm³/mol. The highest BCUT2D eigenvalue weighted by molar-refractivity contribution is 5.79. The van der Waals surface area contributed by atoms with Gasteiger partial charge in [-0.2, -0.15) is 0 Å². The van der Waals surface area contributed by atoms with E-state index in [-0.39, 0.29) is 5.41 Å². The van der Waals surface area contributed by atoms with Crippen molar-refractivity contribution in [3.63, 3.8) is 0 Å². The van der Waals surface area contributed by atoms with E-state index in [4.69, 9.17) is 10.8 Å². The number of hydrogen-bond acceptors (Lipinski definition) is 2. The Morgan fingerprint density at radius 2 is 2.27 bits per heavy atom. The second-order valence-electron chi connectivity index (χ2n) is 3.69. The maximum Gasteiger partial charge on any atom is 0.327 e. The number of hydrogen-bond donors (Lipinski definition) is 2. The Bertz CT molecular complexity index is 279. The number of rotatable bonds is 2. The van der Waals surface area contributed by atoms with E-state index in [0.717, 1.165) is 19.0 Å². The summed E-state index contributed by atoms with van der Waals surface area (Å²) in [5.41, 5.74) is 5.78. The van der Waals surface area contributed by atoms with Gasteiger partial charge < -0.3 is 10.8 Å². The van der Waals surface area contributed by atoms with E-state index in [9.17, 15) is 4.79 Å². The number of carbonyl (C=O) groups is 1. The lowest BCUT2D eigenvalue weighted by molar-refractivity contribution is -0.131. The van der Waals surface area contributed by atoms with E-state index in [1.165, 1.54) is 6.08 Å². The molecule has 0 saturated heterocycles. The first-order valence-corrected chi connectivity index (χ1v) is 4.94. The van der Waals surface area contributed by atoms with Gasteiger partial charge in [0, 0.05) is 18.0 Å². The fraction of sp³-hybridized carbons (Fsp3) is 0.417. The summed E-state index contributed by atoms with van der Waals surface area (Å²) in [7, 11) is 0. The summed E-state index contributed by atoms with van der Waals surface area (Å²) in [6.07, 6.45) is 12.1.